The molecule has 1 heterocycles. The van der Waals surface area contributed by atoms with Crippen LogP contribution in [0.15, 0.2) is 0 Å². The summed E-state index contributed by atoms with van der Waals surface area (Å²) in [5, 5.41) is 0. The number of hydrogen-bond acceptors (Lipinski definition) is 3. The van der Waals surface area contributed by atoms with Crippen molar-refractivity contribution in [3.8, 4) is 0 Å². The highest BCUT2D eigenvalue weighted by atomic mass is 16.5. The van der Waals surface area contributed by atoms with Gasteiger partial charge >= 0.3 is 0 Å². The third-order valence-corrected chi connectivity index (χ3v) is 2.15. The zero-order valence-corrected chi connectivity index (χ0v) is 7.88. The first-order chi connectivity index (χ1) is 5.70. The fourth-order valence-electron chi connectivity index (χ4n) is 1.46. The minimum absolute atomic E-state index is 0.251. The quantitative estimate of drug-likeness (QED) is 0.621. The Balaban J connectivity index is 2.30. The molecule has 1 aliphatic heterocycles. The smallest absolute Gasteiger partial charge is 0.150 e. The molecule has 0 aliphatic carbocycles. The molecule has 1 fully saturated rings. The SMILES string of the molecule is CN(C)CC(=O)C1CCOCC1. The number of hydrogen-bond donors (Lipinski definition) is 0. The fraction of sp³-hybridized carbons (Fsp3) is 0.889. The standard InChI is InChI=1S/C9H17NO2/c1-10(2)7-9(11)8-3-5-12-6-4-8/h8H,3-7H2,1-2H3. The molecule has 0 aromatic heterocycles. The highest BCUT2D eigenvalue weighted by Crippen LogP contribution is 2.15. The van der Waals surface area contributed by atoms with Crippen LogP contribution in [0.4, 0.5) is 0 Å². The molecule has 0 aromatic carbocycles. The average Bonchev–Trinajstić information content (AvgIpc) is 2.05. The van der Waals surface area contributed by atoms with E-state index in [0.29, 0.717) is 12.3 Å². The van der Waals surface area contributed by atoms with Crippen LogP contribution in [0, 0.1) is 5.92 Å². The Morgan fingerprint density at radius 2 is 2.00 bits per heavy atom. The van der Waals surface area contributed by atoms with Crippen LogP contribution in [-0.4, -0.2) is 44.5 Å². The lowest BCUT2D eigenvalue weighted by Crippen LogP contribution is -2.31. The van der Waals surface area contributed by atoms with Crippen LogP contribution >= 0.6 is 0 Å². The molecule has 70 valence electrons. The van der Waals surface area contributed by atoms with Crippen LogP contribution in [0.1, 0.15) is 12.8 Å². The number of likely N-dealkylation sites (N-methyl/N-ethyl adjacent to an activating group) is 1. The van der Waals surface area contributed by atoms with Crippen LogP contribution in [0.3, 0.4) is 0 Å². The maximum atomic E-state index is 11.5. The van der Waals surface area contributed by atoms with Gasteiger partial charge in [0.15, 0.2) is 0 Å². The van der Waals surface area contributed by atoms with Crippen molar-refractivity contribution < 1.29 is 9.53 Å². The Morgan fingerprint density at radius 3 is 2.50 bits per heavy atom. The molecule has 0 N–H and O–H groups in total. The normalized spacial score (nSPS) is 19.9. The molecular weight excluding hydrogens is 154 g/mol. The van der Waals surface area contributed by atoms with Crippen molar-refractivity contribution >= 4 is 5.78 Å². The maximum absolute atomic E-state index is 11.5. The lowest BCUT2D eigenvalue weighted by atomic mass is 9.95. The number of carbonyl (C=O) groups is 1. The van der Waals surface area contributed by atoms with E-state index in [4.69, 9.17) is 4.74 Å². The number of rotatable bonds is 3. The van der Waals surface area contributed by atoms with E-state index in [1.807, 2.05) is 19.0 Å². The second-order valence-electron chi connectivity index (χ2n) is 3.59. The van der Waals surface area contributed by atoms with Crippen molar-refractivity contribution in [1.82, 2.24) is 4.90 Å². The zero-order chi connectivity index (χ0) is 8.97. The molecular formula is C9H17NO2. The first-order valence-corrected chi connectivity index (χ1v) is 4.45. The second kappa shape index (κ2) is 4.58. The predicted octanol–water partition coefficient (Wildman–Crippen LogP) is 0.544. The van der Waals surface area contributed by atoms with E-state index in [1.54, 1.807) is 0 Å². The van der Waals surface area contributed by atoms with Gasteiger partial charge in [0.2, 0.25) is 0 Å². The molecule has 1 saturated heterocycles. The van der Waals surface area contributed by atoms with Gasteiger partial charge in [-0.1, -0.05) is 0 Å². The van der Waals surface area contributed by atoms with Crippen LogP contribution < -0.4 is 0 Å². The second-order valence-corrected chi connectivity index (χ2v) is 3.59. The summed E-state index contributed by atoms with van der Waals surface area (Å²) in [5.41, 5.74) is 0. The van der Waals surface area contributed by atoms with Gasteiger partial charge in [-0.05, 0) is 26.9 Å². The topological polar surface area (TPSA) is 29.5 Å². The third-order valence-electron chi connectivity index (χ3n) is 2.15. The highest BCUT2D eigenvalue weighted by Gasteiger charge is 2.21. The van der Waals surface area contributed by atoms with Crippen molar-refractivity contribution in [1.29, 1.82) is 0 Å². The Hall–Kier alpha value is -0.410. The van der Waals surface area contributed by atoms with E-state index >= 15 is 0 Å². The molecule has 0 spiro atoms. The first kappa shape index (κ1) is 9.68. The Labute approximate surface area is 73.7 Å². The molecule has 0 amide bonds. The van der Waals surface area contributed by atoms with E-state index in [0.717, 1.165) is 26.1 Å². The minimum Gasteiger partial charge on any atom is -0.381 e. The monoisotopic (exact) mass is 171 g/mol. The molecule has 3 nitrogen and oxygen atoms in total. The number of ketones is 1. The largest absolute Gasteiger partial charge is 0.381 e. The molecule has 1 rings (SSSR count). The molecule has 0 saturated carbocycles. The molecule has 0 bridgehead atoms. The molecule has 0 aromatic rings. The van der Waals surface area contributed by atoms with Gasteiger partial charge in [-0.25, -0.2) is 0 Å². The van der Waals surface area contributed by atoms with Crippen molar-refractivity contribution in [2.75, 3.05) is 33.9 Å². The van der Waals surface area contributed by atoms with Crippen LogP contribution in [0.5, 0.6) is 0 Å². The van der Waals surface area contributed by atoms with E-state index in [1.165, 1.54) is 0 Å². The molecule has 0 atom stereocenters. The van der Waals surface area contributed by atoms with E-state index in [2.05, 4.69) is 0 Å². The fourth-order valence-corrected chi connectivity index (χ4v) is 1.46. The summed E-state index contributed by atoms with van der Waals surface area (Å²) in [4.78, 5) is 13.4. The highest BCUT2D eigenvalue weighted by molar-refractivity contribution is 5.82. The summed E-state index contributed by atoms with van der Waals surface area (Å²) < 4.78 is 5.19. The Morgan fingerprint density at radius 1 is 1.42 bits per heavy atom. The molecule has 3 heteroatoms. The number of ether oxygens (including phenoxy) is 1. The zero-order valence-electron chi connectivity index (χ0n) is 7.88. The molecule has 0 radical (unpaired) electrons. The van der Waals surface area contributed by atoms with Gasteiger partial charge in [-0.15, -0.1) is 0 Å². The van der Waals surface area contributed by atoms with Gasteiger partial charge < -0.3 is 9.64 Å². The van der Waals surface area contributed by atoms with Crippen LogP contribution in [-0.2, 0) is 9.53 Å². The van der Waals surface area contributed by atoms with E-state index in [-0.39, 0.29) is 5.92 Å². The van der Waals surface area contributed by atoms with Gasteiger partial charge in [0.05, 0.1) is 6.54 Å². The Bertz CT molecular complexity index is 151. The lowest BCUT2D eigenvalue weighted by molar-refractivity contribution is -0.126. The van der Waals surface area contributed by atoms with Gasteiger partial charge in [-0.3, -0.25) is 4.79 Å². The predicted molar refractivity (Wildman–Crippen MR) is 47.1 cm³/mol. The van der Waals surface area contributed by atoms with Crippen molar-refractivity contribution in [3.63, 3.8) is 0 Å². The summed E-state index contributed by atoms with van der Waals surface area (Å²) in [7, 11) is 3.86. The van der Waals surface area contributed by atoms with Crippen molar-refractivity contribution in [2.24, 2.45) is 5.92 Å². The summed E-state index contributed by atoms with van der Waals surface area (Å²) in [5.74, 6) is 0.615. The third kappa shape index (κ3) is 2.91. The van der Waals surface area contributed by atoms with Gasteiger partial charge in [0.1, 0.15) is 5.78 Å². The summed E-state index contributed by atoms with van der Waals surface area (Å²) in [6.45, 7) is 2.08. The minimum atomic E-state index is 0.251. The first-order valence-electron chi connectivity index (χ1n) is 4.45. The Kier molecular flexibility index (Phi) is 3.69. The van der Waals surface area contributed by atoms with E-state index < -0.39 is 0 Å². The van der Waals surface area contributed by atoms with Gasteiger partial charge in [0, 0.05) is 19.1 Å². The van der Waals surface area contributed by atoms with Crippen LogP contribution in [0.2, 0.25) is 0 Å². The summed E-state index contributed by atoms with van der Waals surface area (Å²) in [6.07, 6.45) is 1.82. The van der Waals surface area contributed by atoms with E-state index in [9.17, 15) is 4.79 Å². The summed E-state index contributed by atoms with van der Waals surface area (Å²) in [6, 6.07) is 0. The molecule has 12 heavy (non-hydrogen) atoms. The van der Waals surface area contributed by atoms with Crippen molar-refractivity contribution in [3.05, 3.63) is 0 Å². The average molecular weight is 171 g/mol. The molecule has 1 aliphatic rings. The summed E-state index contributed by atoms with van der Waals surface area (Å²) >= 11 is 0. The van der Waals surface area contributed by atoms with Gasteiger partial charge in [-0.2, -0.15) is 0 Å². The van der Waals surface area contributed by atoms with Gasteiger partial charge in [0.25, 0.3) is 0 Å². The maximum Gasteiger partial charge on any atom is 0.150 e. The number of carbonyl (C=O) groups excluding carboxylic acids is 1. The number of Topliss-reactive ketones (excluding diaryl/α,β-unsaturated/α-hetero) is 1. The lowest BCUT2D eigenvalue weighted by Gasteiger charge is -2.22. The van der Waals surface area contributed by atoms with Crippen molar-refractivity contribution in [2.45, 2.75) is 12.8 Å². The number of nitrogens with zero attached hydrogens (tertiary/aromatic N) is 1. The molecule has 0 unspecified atom stereocenters. The van der Waals surface area contributed by atoms with Crippen LogP contribution in [0.25, 0.3) is 0 Å².